The minimum Gasteiger partial charge on any atom is -0.389 e. The molecule has 0 saturated carbocycles. The average Bonchev–Trinajstić information content (AvgIpc) is 2.72. The Kier molecular flexibility index (Phi) is 3.99. The first-order valence-corrected chi connectivity index (χ1v) is 8.47. The van der Waals surface area contributed by atoms with Crippen molar-refractivity contribution < 1.29 is 18.6 Å². The number of hydrogen-bond acceptors (Lipinski definition) is 5. The van der Waals surface area contributed by atoms with Gasteiger partial charge in [-0.3, -0.25) is 0 Å². The van der Waals surface area contributed by atoms with Crippen molar-refractivity contribution in [3.05, 3.63) is 13.6 Å². The van der Waals surface area contributed by atoms with Crippen LogP contribution in [0, 0.1) is 0 Å². The maximum Gasteiger partial charge on any atom is 0.245 e. The van der Waals surface area contributed by atoms with Crippen LogP contribution in [0.5, 0.6) is 0 Å². The second kappa shape index (κ2) is 4.87. The Morgan fingerprint density at radius 2 is 1.82 bits per heavy atom. The molecule has 1 fully saturated rings. The van der Waals surface area contributed by atoms with Crippen molar-refractivity contribution in [1.82, 2.24) is 4.31 Å². The minimum atomic E-state index is -3.67. The van der Waals surface area contributed by atoms with Crippen molar-refractivity contribution in [1.29, 1.82) is 0 Å². The molecule has 2 heterocycles. The topological polar surface area (TPSA) is 77.8 Å². The first kappa shape index (κ1) is 13.9. The molecule has 2 N–H and O–H groups in total. The molecule has 2 atom stereocenters. The van der Waals surface area contributed by atoms with E-state index in [1.807, 2.05) is 0 Å². The van der Waals surface area contributed by atoms with Gasteiger partial charge in [-0.15, -0.1) is 11.3 Å². The van der Waals surface area contributed by atoms with Crippen molar-refractivity contribution in [2.24, 2.45) is 0 Å². The predicted molar refractivity (Wildman–Crippen MR) is 70.5 cm³/mol. The van der Waals surface area contributed by atoms with Gasteiger partial charge in [0.1, 0.15) is 4.90 Å². The van der Waals surface area contributed by atoms with Crippen LogP contribution >= 0.6 is 43.2 Å². The lowest BCUT2D eigenvalue weighted by Gasteiger charge is -2.14. The van der Waals surface area contributed by atoms with Crippen molar-refractivity contribution in [3.63, 3.8) is 0 Å². The van der Waals surface area contributed by atoms with Gasteiger partial charge in [-0.25, -0.2) is 8.42 Å². The highest BCUT2D eigenvalue weighted by molar-refractivity contribution is 9.12. The van der Waals surface area contributed by atoms with Gasteiger partial charge in [0.05, 0.1) is 19.8 Å². The Labute approximate surface area is 119 Å². The molecule has 2 unspecified atom stereocenters. The van der Waals surface area contributed by atoms with Crippen LogP contribution in [0.3, 0.4) is 0 Å². The van der Waals surface area contributed by atoms with Crippen LogP contribution in [0.2, 0.25) is 0 Å². The van der Waals surface area contributed by atoms with Crippen LogP contribution in [0.25, 0.3) is 0 Å². The van der Waals surface area contributed by atoms with Gasteiger partial charge in [-0.2, -0.15) is 4.31 Å². The maximum atomic E-state index is 12.2. The Balaban J connectivity index is 2.35. The monoisotopic (exact) mass is 405 g/mol. The van der Waals surface area contributed by atoms with Crippen LogP contribution in [0.4, 0.5) is 0 Å². The third kappa shape index (κ3) is 2.60. The van der Waals surface area contributed by atoms with E-state index < -0.39 is 22.2 Å². The predicted octanol–water partition coefficient (Wildman–Crippen LogP) is 0.999. The number of rotatable bonds is 2. The third-order valence-corrected chi connectivity index (χ3v) is 7.06. The van der Waals surface area contributed by atoms with Gasteiger partial charge < -0.3 is 10.2 Å². The molecule has 0 amide bonds. The SMILES string of the molecule is O=S(=O)(c1cc(Br)sc1Br)N1CC(O)C(O)C1. The first-order valence-electron chi connectivity index (χ1n) is 4.63. The summed E-state index contributed by atoms with van der Waals surface area (Å²) in [5, 5.41) is 18.8. The van der Waals surface area contributed by atoms with Gasteiger partial charge in [-0.1, -0.05) is 0 Å². The molecule has 1 aromatic heterocycles. The molecule has 17 heavy (non-hydrogen) atoms. The highest BCUT2D eigenvalue weighted by Crippen LogP contribution is 2.37. The Bertz CT molecular complexity index is 520. The molecule has 1 saturated heterocycles. The smallest absolute Gasteiger partial charge is 0.245 e. The molecule has 0 spiro atoms. The van der Waals surface area contributed by atoms with E-state index >= 15 is 0 Å². The van der Waals surface area contributed by atoms with E-state index in [0.29, 0.717) is 7.57 Å². The second-order valence-corrected chi connectivity index (χ2v) is 9.30. The number of aliphatic hydroxyl groups is 2. The van der Waals surface area contributed by atoms with E-state index in [9.17, 15) is 18.6 Å². The molecule has 0 bridgehead atoms. The summed E-state index contributed by atoms with van der Waals surface area (Å²) in [4.78, 5) is 0.149. The summed E-state index contributed by atoms with van der Waals surface area (Å²) in [5.74, 6) is 0. The average molecular weight is 407 g/mol. The summed E-state index contributed by atoms with van der Waals surface area (Å²) in [6.45, 7) is -0.160. The molecule has 0 aliphatic carbocycles. The fourth-order valence-corrected chi connectivity index (χ4v) is 6.81. The number of aliphatic hydroxyl groups excluding tert-OH is 2. The number of β-amino-alcohol motifs (C(OH)–C–C–N with tert-alkyl or cyclic N) is 2. The van der Waals surface area contributed by atoms with E-state index in [2.05, 4.69) is 31.9 Å². The molecule has 1 aliphatic rings. The number of thiophene rings is 1. The molecule has 2 rings (SSSR count). The van der Waals surface area contributed by atoms with Gasteiger partial charge in [0.2, 0.25) is 10.0 Å². The van der Waals surface area contributed by atoms with E-state index in [1.165, 1.54) is 17.4 Å². The van der Waals surface area contributed by atoms with Crippen molar-refractivity contribution in [3.8, 4) is 0 Å². The summed E-state index contributed by atoms with van der Waals surface area (Å²) >= 11 is 7.66. The van der Waals surface area contributed by atoms with Crippen LogP contribution in [-0.2, 0) is 10.0 Å². The van der Waals surface area contributed by atoms with Crippen LogP contribution in [-0.4, -0.2) is 48.2 Å². The molecule has 0 aromatic carbocycles. The van der Waals surface area contributed by atoms with E-state index in [1.54, 1.807) is 0 Å². The molecule has 96 valence electrons. The molecule has 1 aliphatic heterocycles. The van der Waals surface area contributed by atoms with Crippen molar-refractivity contribution in [2.45, 2.75) is 17.1 Å². The zero-order chi connectivity index (χ0) is 12.8. The molecule has 0 radical (unpaired) electrons. The van der Waals surface area contributed by atoms with Crippen LogP contribution < -0.4 is 0 Å². The lowest BCUT2D eigenvalue weighted by molar-refractivity contribution is 0.0572. The van der Waals surface area contributed by atoms with Crippen molar-refractivity contribution >= 4 is 53.2 Å². The Morgan fingerprint density at radius 1 is 1.29 bits per heavy atom. The normalized spacial score (nSPS) is 26.6. The van der Waals surface area contributed by atoms with Gasteiger partial charge in [-0.05, 0) is 37.9 Å². The van der Waals surface area contributed by atoms with E-state index in [0.717, 1.165) is 4.31 Å². The van der Waals surface area contributed by atoms with Crippen LogP contribution in [0.1, 0.15) is 0 Å². The highest BCUT2D eigenvalue weighted by Gasteiger charge is 2.38. The number of halogens is 2. The van der Waals surface area contributed by atoms with Gasteiger partial charge in [0, 0.05) is 13.1 Å². The fourth-order valence-electron chi connectivity index (χ4n) is 1.57. The number of hydrogen-bond donors (Lipinski definition) is 2. The Morgan fingerprint density at radius 3 is 2.24 bits per heavy atom. The maximum absolute atomic E-state index is 12.2. The van der Waals surface area contributed by atoms with Gasteiger partial charge in [0.25, 0.3) is 0 Å². The summed E-state index contributed by atoms with van der Waals surface area (Å²) in [7, 11) is -3.67. The van der Waals surface area contributed by atoms with E-state index in [4.69, 9.17) is 0 Å². The summed E-state index contributed by atoms with van der Waals surface area (Å²) in [6, 6.07) is 1.50. The summed E-state index contributed by atoms with van der Waals surface area (Å²) in [5.41, 5.74) is 0. The molecule has 1 aromatic rings. The first-order chi connectivity index (χ1) is 7.82. The standard InChI is InChI=1S/C8H9Br2NO4S2/c9-7-1-6(8(10)16-7)17(14,15)11-2-4(12)5(13)3-11/h1,4-5,12-13H,2-3H2. The quantitative estimate of drug-likeness (QED) is 0.767. The lowest BCUT2D eigenvalue weighted by Crippen LogP contribution is -2.29. The number of nitrogens with zero attached hydrogens (tertiary/aromatic N) is 1. The molecular formula is C8H9Br2NO4S2. The zero-order valence-electron chi connectivity index (χ0n) is 8.38. The summed E-state index contributed by atoms with van der Waals surface area (Å²) in [6.07, 6.45) is -2.05. The fraction of sp³-hybridized carbons (Fsp3) is 0.500. The largest absolute Gasteiger partial charge is 0.389 e. The molecule has 9 heteroatoms. The minimum absolute atomic E-state index is 0.0800. The molecule has 5 nitrogen and oxygen atoms in total. The Hall–Kier alpha value is 0.490. The zero-order valence-corrected chi connectivity index (χ0v) is 13.2. The second-order valence-electron chi connectivity index (χ2n) is 3.65. The highest BCUT2D eigenvalue weighted by atomic mass is 79.9. The molecular weight excluding hydrogens is 398 g/mol. The van der Waals surface area contributed by atoms with Gasteiger partial charge in [0.15, 0.2) is 0 Å². The number of sulfonamides is 1. The van der Waals surface area contributed by atoms with Gasteiger partial charge >= 0.3 is 0 Å². The third-order valence-electron chi connectivity index (χ3n) is 2.47. The summed E-state index contributed by atoms with van der Waals surface area (Å²) < 4.78 is 26.7. The van der Waals surface area contributed by atoms with E-state index in [-0.39, 0.29) is 18.0 Å². The van der Waals surface area contributed by atoms with Crippen molar-refractivity contribution in [2.75, 3.05) is 13.1 Å². The van der Waals surface area contributed by atoms with Crippen LogP contribution in [0.15, 0.2) is 18.5 Å². The lowest BCUT2D eigenvalue weighted by atomic mass is 10.3.